The van der Waals surface area contributed by atoms with Gasteiger partial charge < -0.3 is 18.9 Å². The summed E-state index contributed by atoms with van der Waals surface area (Å²) in [7, 11) is 0. The average molecular weight is 359 g/mol. The molecule has 0 aromatic heterocycles. The van der Waals surface area contributed by atoms with Gasteiger partial charge in [0, 0.05) is 22.2 Å². The van der Waals surface area contributed by atoms with E-state index in [2.05, 4.69) is 24.3 Å². The molecule has 0 spiro atoms. The van der Waals surface area contributed by atoms with Crippen molar-refractivity contribution in [1.82, 2.24) is 0 Å². The maximum atomic E-state index is 5.92. The monoisotopic (exact) mass is 358 g/mol. The highest BCUT2D eigenvalue weighted by Crippen LogP contribution is 2.19. The third kappa shape index (κ3) is 9.59. The van der Waals surface area contributed by atoms with Gasteiger partial charge in [-0.15, -0.1) is 11.8 Å². The Morgan fingerprint density at radius 2 is 1.57 bits per heavy atom. The number of benzene rings is 1. The summed E-state index contributed by atoms with van der Waals surface area (Å²) in [6.07, 6.45) is 0.0725. The number of hydrogen-bond acceptors (Lipinski definition) is 6. The van der Waals surface area contributed by atoms with Crippen LogP contribution in [0.2, 0.25) is 0 Å². The van der Waals surface area contributed by atoms with E-state index < -0.39 is 0 Å². The second-order valence-electron chi connectivity index (χ2n) is 5.03. The van der Waals surface area contributed by atoms with Crippen LogP contribution in [-0.4, -0.2) is 69.6 Å². The molecule has 1 unspecified atom stereocenters. The Labute approximate surface area is 147 Å². The molecule has 0 saturated carbocycles. The van der Waals surface area contributed by atoms with Gasteiger partial charge in [-0.3, -0.25) is 0 Å². The van der Waals surface area contributed by atoms with Gasteiger partial charge >= 0.3 is 0 Å². The number of thioether (sulfide) groups is 2. The Morgan fingerprint density at radius 1 is 0.870 bits per heavy atom. The predicted molar refractivity (Wildman–Crippen MR) is 96.7 cm³/mol. The van der Waals surface area contributed by atoms with Gasteiger partial charge in [0.05, 0.1) is 52.4 Å². The first kappa shape index (κ1) is 19.1. The van der Waals surface area contributed by atoms with Crippen molar-refractivity contribution >= 4 is 23.5 Å². The molecule has 23 heavy (non-hydrogen) atoms. The average Bonchev–Trinajstić information content (AvgIpc) is 2.60. The molecule has 4 nitrogen and oxygen atoms in total. The Hall–Kier alpha value is -0.240. The van der Waals surface area contributed by atoms with Crippen molar-refractivity contribution in [2.24, 2.45) is 0 Å². The predicted octanol–water partition coefficient (Wildman–Crippen LogP) is 2.96. The lowest BCUT2D eigenvalue weighted by atomic mass is 10.4. The molecule has 130 valence electrons. The summed E-state index contributed by atoms with van der Waals surface area (Å²) in [6, 6.07) is 10.4. The summed E-state index contributed by atoms with van der Waals surface area (Å²) in [5.41, 5.74) is 0. The van der Waals surface area contributed by atoms with E-state index in [-0.39, 0.29) is 6.10 Å². The molecule has 0 N–H and O–H groups in total. The molecular formula is C17H26O4S2. The molecule has 0 amide bonds. The molecular weight excluding hydrogens is 332 g/mol. The van der Waals surface area contributed by atoms with Crippen molar-refractivity contribution in [2.45, 2.75) is 11.0 Å². The largest absolute Gasteiger partial charge is 0.378 e. The molecule has 0 aliphatic carbocycles. The lowest BCUT2D eigenvalue weighted by Crippen LogP contribution is -2.25. The summed E-state index contributed by atoms with van der Waals surface area (Å²) >= 11 is 3.65. The Morgan fingerprint density at radius 3 is 2.35 bits per heavy atom. The minimum Gasteiger partial charge on any atom is -0.378 e. The summed E-state index contributed by atoms with van der Waals surface area (Å²) < 4.78 is 22.7. The quantitative estimate of drug-likeness (QED) is 0.774. The Kier molecular flexibility index (Phi) is 10.9. The van der Waals surface area contributed by atoms with Gasteiger partial charge in [0.2, 0.25) is 0 Å². The molecule has 1 aliphatic heterocycles. The first-order valence-electron chi connectivity index (χ1n) is 8.05. The van der Waals surface area contributed by atoms with Gasteiger partial charge in [-0.2, -0.15) is 11.8 Å². The normalized spacial score (nSPS) is 22.9. The van der Waals surface area contributed by atoms with Crippen molar-refractivity contribution in [2.75, 3.05) is 63.5 Å². The SMILES string of the molecule is c1ccc(SCC2COCCOCCSCCOCCO2)cc1. The third-order valence-electron chi connectivity index (χ3n) is 3.18. The zero-order valence-corrected chi connectivity index (χ0v) is 15.1. The summed E-state index contributed by atoms with van der Waals surface area (Å²) in [5, 5.41) is 0. The Balaban J connectivity index is 1.72. The lowest BCUT2D eigenvalue weighted by molar-refractivity contribution is -0.0355. The van der Waals surface area contributed by atoms with Crippen LogP contribution in [0.15, 0.2) is 35.2 Å². The maximum absolute atomic E-state index is 5.92. The second kappa shape index (κ2) is 13.1. The summed E-state index contributed by atoms with van der Waals surface area (Å²) in [4.78, 5) is 1.25. The van der Waals surface area contributed by atoms with Crippen LogP contribution in [0, 0.1) is 0 Å². The van der Waals surface area contributed by atoms with Crippen molar-refractivity contribution in [3.05, 3.63) is 30.3 Å². The van der Waals surface area contributed by atoms with E-state index in [0.29, 0.717) is 33.0 Å². The minimum absolute atomic E-state index is 0.0725. The van der Waals surface area contributed by atoms with Gasteiger partial charge in [-0.25, -0.2) is 0 Å². The molecule has 1 aromatic rings. The zero-order chi connectivity index (χ0) is 16.0. The topological polar surface area (TPSA) is 36.9 Å². The lowest BCUT2D eigenvalue weighted by Gasteiger charge is -2.18. The standard InChI is InChI=1S/C17H26O4S2/c1-2-4-17(5-3-1)23-15-16-14-20-7-6-18-10-12-22-13-11-19-8-9-21-16/h1-5,16H,6-15H2. The van der Waals surface area contributed by atoms with Gasteiger partial charge in [-0.1, -0.05) is 18.2 Å². The molecule has 1 aliphatic rings. The van der Waals surface area contributed by atoms with E-state index in [4.69, 9.17) is 18.9 Å². The first-order valence-corrected chi connectivity index (χ1v) is 10.2. The van der Waals surface area contributed by atoms with Crippen LogP contribution in [0.4, 0.5) is 0 Å². The van der Waals surface area contributed by atoms with Crippen LogP contribution in [-0.2, 0) is 18.9 Å². The molecule has 2 rings (SSSR count). The summed E-state index contributed by atoms with van der Waals surface area (Å²) in [6.45, 7) is 4.67. The molecule has 6 heteroatoms. The van der Waals surface area contributed by atoms with E-state index >= 15 is 0 Å². The molecule has 1 aromatic carbocycles. The van der Waals surface area contributed by atoms with Crippen LogP contribution in [0.3, 0.4) is 0 Å². The highest BCUT2D eigenvalue weighted by molar-refractivity contribution is 7.99. The fourth-order valence-electron chi connectivity index (χ4n) is 2.00. The van der Waals surface area contributed by atoms with Crippen molar-refractivity contribution in [3.63, 3.8) is 0 Å². The fraction of sp³-hybridized carbons (Fsp3) is 0.647. The third-order valence-corrected chi connectivity index (χ3v) is 5.23. The molecule has 1 saturated heterocycles. The molecule has 0 radical (unpaired) electrons. The highest BCUT2D eigenvalue weighted by Gasteiger charge is 2.11. The number of ether oxygens (including phenoxy) is 4. The van der Waals surface area contributed by atoms with E-state index in [1.165, 1.54) is 4.90 Å². The van der Waals surface area contributed by atoms with E-state index in [9.17, 15) is 0 Å². The zero-order valence-electron chi connectivity index (χ0n) is 13.5. The second-order valence-corrected chi connectivity index (χ2v) is 7.35. The molecule has 1 heterocycles. The Bertz CT molecular complexity index is 375. The van der Waals surface area contributed by atoms with Crippen molar-refractivity contribution in [3.8, 4) is 0 Å². The van der Waals surface area contributed by atoms with E-state index in [1.54, 1.807) is 11.8 Å². The number of hydrogen-bond donors (Lipinski definition) is 0. The molecule has 1 atom stereocenters. The van der Waals surface area contributed by atoms with Gasteiger partial charge in [-0.05, 0) is 12.1 Å². The minimum atomic E-state index is 0.0725. The molecule has 0 bridgehead atoms. The van der Waals surface area contributed by atoms with Gasteiger partial charge in [0.25, 0.3) is 0 Å². The maximum Gasteiger partial charge on any atom is 0.0903 e. The van der Waals surface area contributed by atoms with Crippen molar-refractivity contribution in [1.29, 1.82) is 0 Å². The van der Waals surface area contributed by atoms with Crippen LogP contribution < -0.4 is 0 Å². The highest BCUT2D eigenvalue weighted by atomic mass is 32.2. The fourth-order valence-corrected chi connectivity index (χ4v) is 3.59. The van der Waals surface area contributed by atoms with Gasteiger partial charge in [0.1, 0.15) is 0 Å². The van der Waals surface area contributed by atoms with Crippen molar-refractivity contribution < 1.29 is 18.9 Å². The van der Waals surface area contributed by atoms with Crippen LogP contribution >= 0.6 is 23.5 Å². The van der Waals surface area contributed by atoms with Gasteiger partial charge in [0.15, 0.2) is 0 Å². The number of rotatable bonds is 3. The first-order chi connectivity index (χ1) is 11.4. The smallest absolute Gasteiger partial charge is 0.0903 e. The van der Waals surface area contributed by atoms with Crippen LogP contribution in [0.25, 0.3) is 0 Å². The van der Waals surface area contributed by atoms with Crippen LogP contribution in [0.1, 0.15) is 0 Å². The van der Waals surface area contributed by atoms with E-state index in [0.717, 1.165) is 30.5 Å². The van der Waals surface area contributed by atoms with E-state index in [1.807, 2.05) is 17.8 Å². The molecule has 1 fully saturated rings. The van der Waals surface area contributed by atoms with Crippen LogP contribution in [0.5, 0.6) is 0 Å². The summed E-state index contributed by atoms with van der Waals surface area (Å²) in [5.74, 6) is 2.89.